The van der Waals surface area contributed by atoms with Crippen molar-refractivity contribution in [2.24, 2.45) is 0 Å². The topological polar surface area (TPSA) is 568 Å². The van der Waals surface area contributed by atoms with Gasteiger partial charge in [-0.05, 0) is 187 Å². The maximum Gasteiger partial charge on any atom is 0.317 e. The van der Waals surface area contributed by atoms with Gasteiger partial charge in [-0.15, -0.1) is 0 Å². The van der Waals surface area contributed by atoms with Crippen LogP contribution in [0.4, 0.5) is 0 Å². The fourth-order valence-corrected chi connectivity index (χ4v) is 14.4. The van der Waals surface area contributed by atoms with Crippen molar-refractivity contribution in [3.63, 3.8) is 0 Å². The highest BCUT2D eigenvalue weighted by Gasteiger charge is 2.32. The van der Waals surface area contributed by atoms with Gasteiger partial charge in [0.15, 0.2) is 0 Å². The maximum atomic E-state index is 12.2. The molecule has 0 fully saturated rings. The molecule has 12 unspecified atom stereocenters. The van der Waals surface area contributed by atoms with E-state index in [9.17, 15) is 112 Å². The predicted molar refractivity (Wildman–Crippen MR) is 548 cm³/mol. The number of hydrogen-bond acceptors (Lipinski definition) is 40. The Morgan fingerprint density at radius 2 is 0.315 bits per heavy atom. The van der Waals surface area contributed by atoms with Crippen molar-refractivity contribution >= 4 is 101 Å². The Bertz CT molecular complexity index is 3350. The summed E-state index contributed by atoms with van der Waals surface area (Å²) < 4.78 is 86.0. The van der Waals surface area contributed by atoms with Crippen LogP contribution in [0.25, 0.3) is 0 Å². The minimum atomic E-state index is -0.960. The molecule has 0 radical (unpaired) electrons. The first-order valence-electron chi connectivity index (χ1n) is 55.4. The number of unbranched alkanes of at least 4 members (excludes halogenated alkanes) is 18. The van der Waals surface area contributed by atoms with E-state index in [1.807, 2.05) is 41.5 Å². The molecule has 0 rings (SSSR count). The Labute approximate surface area is 886 Å². The summed E-state index contributed by atoms with van der Waals surface area (Å²) in [4.78, 5) is 200. The standard InChI is InChI=1S/C37H64O14.C34H60O12.C31H56O10.C7H12O4/c1-5-9-11-19-30(50-36(44)25-34(42)46-23-7-3)28(38)17-13-15-21-32(40)48-27-49-33(41)22-16-14-18-29(39)31(20-12-10-6-2)51-37(45)26-35(43)47-24-8-4;1-5-9-11-19-28(45-30(37)8-4)26(35)17-13-15-21-31(38)43-25-44-32(39)22-16-14-18-27(36)29(20-12-10-6-2)46-34(41)24-33(40)42-23-7-3;1-5-9-11-19-26(40-28(34)7-3)24(32)17-13-15-21-30(36)38-23-39-31(37)22-16-14-18-25(33)27(20-12-10-6-2)41-29(35)8-4;1-3-10-6(8)5-7(9)11-4-2/h28-31,38-39H,5-27H2,1-4H3;26-29,35-36H,5-25H2,1-4H3;24-27,32-33H,5-23H2,1-4H3;3-5H2,1-2H3. The van der Waals surface area contributed by atoms with Crippen molar-refractivity contribution in [2.75, 3.05) is 53.4 Å². The molecule has 0 aromatic carbocycles. The normalized spacial score (nSPS) is 13.3. The molecule has 0 aliphatic carbocycles. The third-order valence-electron chi connectivity index (χ3n) is 23.0. The Kier molecular flexibility index (Phi) is 99.8. The Morgan fingerprint density at radius 1 is 0.161 bits per heavy atom. The maximum absolute atomic E-state index is 12.2. The summed E-state index contributed by atoms with van der Waals surface area (Å²) in [6, 6.07) is 0. The lowest BCUT2D eigenvalue weighted by Crippen LogP contribution is -2.32. The van der Waals surface area contributed by atoms with Crippen molar-refractivity contribution in [3.8, 4) is 0 Å². The first kappa shape index (κ1) is 146. The molecule has 6 N–H and O–H groups in total. The van der Waals surface area contributed by atoms with E-state index >= 15 is 0 Å². The number of carbonyl (C=O) groups is 17. The molecule has 149 heavy (non-hydrogen) atoms. The van der Waals surface area contributed by atoms with Crippen molar-refractivity contribution in [2.45, 2.75) is 543 Å². The lowest BCUT2D eigenvalue weighted by atomic mass is 10.0. The second-order valence-electron chi connectivity index (χ2n) is 36.5. The zero-order valence-corrected chi connectivity index (χ0v) is 92.7. The molecule has 40 nitrogen and oxygen atoms in total. The second kappa shape index (κ2) is 102. The van der Waals surface area contributed by atoms with E-state index in [0.717, 1.165) is 116 Å². The van der Waals surface area contributed by atoms with Crippen LogP contribution in [0.3, 0.4) is 0 Å². The summed E-state index contributed by atoms with van der Waals surface area (Å²) >= 11 is 0. The molecule has 0 aliphatic rings. The molecule has 0 bridgehead atoms. The minimum absolute atomic E-state index is 0.0373. The van der Waals surface area contributed by atoms with Gasteiger partial charge in [0.25, 0.3) is 0 Å². The molecular weight excluding hydrogens is 1950 g/mol. The highest BCUT2D eigenvalue weighted by Crippen LogP contribution is 2.25. The summed E-state index contributed by atoms with van der Waals surface area (Å²) in [5.74, 6) is -9.52. The Morgan fingerprint density at radius 3 is 0.470 bits per heavy atom. The lowest BCUT2D eigenvalue weighted by Gasteiger charge is -2.23. The number of esters is 17. The number of carbonyl (C=O) groups excluding carboxylic acids is 17. The molecule has 40 heteroatoms. The van der Waals surface area contributed by atoms with Crippen molar-refractivity contribution in [1.29, 1.82) is 0 Å². The van der Waals surface area contributed by atoms with Gasteiger partial charge < -0.3 is 111 Å². The van der Waals surface area contributed by atoms with E-state index in [2.05, 4.69) is 30.2 Å². The summed E-state index contributed by atoms with van der Waals surface area (Å²) in [7, 11) is 0. The fourth-order valence-electron chi connectivity index (χ4n) is 14.4. The smallest absolute Gasteiger partial charge is 0.317 e. The molecule has 0 aromatic rings. The van der Waals surface area contributed by atoms with Gasteiger partial charge in [-0.1, -0.05) is 199 Å². The van der Waals surface area contributed by atoms with Gasteiger partial charge in [-0.25, -0.2) is 0 Å². The van der Waals surface area contributed by atoms with E-state index in [1.165, 1.54) is 0 Å². The van der Waals surface area contributed by atoms with Crippen LogP contribution in [0.2, 0.25) is 0 Å². The van der Waals surface area contributed by atoms with E-state index in [1.54, 1.807) is 34.6 Å². The number of rotatable bonds is 91. The highest BCUT2D eigenvalue weighted by molar-refractivity contribution is 5.93. The van der Waals surface area contributed by atoms with E-state index in [0.29, 0.717) is 161 Å². The molecule has 0 aliphatic heterocycles. The third-order valence-corrected chi connectivity index (χ3v) is 23.0. The van der Waals surface area contributed by atoms with E-state index < -0.39 is 196 Å². The van der Waals surface area contributed by atoms with E-state index in [-0.39, 0.29) is 128 Å². The second-order valence-corrected chi connectivity index (χ2v) is 36.5. The van der Waals surface area contributed by atoms with Gasteiger partial charge in [-0.2, -0.15) is 0 Å². The lowest BCUT2D eigenvalue weighted by molar-refractivity contribution is -0.169. The van der Waals surface area contributed by atoms with Crippen LogP contribution in [-0.4, -0.2) is 259 Å². The number of aliphatic hydroxyl groups excluding tert-OH is 6. The highest BCUT2D eigenvalue weighted by atomic mass is 16.7. The van der Waals surface area contributed by atoms with Gasteiger partial charge in [0.05, 0.1) is 69.7 Å². The number of hydrogen-bond donors (Lipinski definition) is 6. The summed E-state index contributed by atoms with van der Waals surface area (Å²) in [6.45, 7) is 26.1. The zero-order chi connectivity index (χ0) is 112. The molecule has 0 amide bonds. The quantitative estimate of drug-likeness (QED) is 0.0108. The summed E-state index contributed by atoms with van der Waals surface area (Å²) in [5, 5.41) is 63.4. The third kappa shape index (κ3) is 91.1. The predicted octanol–water partition coefficient (Wildman–Crippen LogP) is 17.3. The molecule has 0 saturated carbocycles. The molecule has 0 spiro atoms. The van der Waals surface area contributed by atoms with Crippen LogP contribution in [-0.2, 0) is 162 Å². The molecule has 0 aromatic heterocycles. The summed E-state index contributed by atoms with van der Waals surface area (Å²) in [6.07, 6.45) is 19.6. The molecule has 0 saturated heterocycles. The first-order chi connectivity index (χ1) is 71.4. The van der Waals surface area contributed by atoms with Crippen LogP contribution in [0.1, 0.15) is 469 Å². The van der Waals surface area contributed by atoms with Gasteiger partial charge in [-0.3, -0.25) is 81.5 Å². The fraction of sp³-hybridized carbons (Fsp3) is 0.844. The van der Waals surface area contributed by atoms with Crippen molar-refractivity contribution in [3.05, 3.63) is 0 Å². The average molecular weight is 2140 g/mol. The molecule has 868 valence electrons. The van der Waals surface area contributed by atoms with Crippen LogP contribution in [0, 0.1) is 0 Å². The monoisotopic (exact) mass is 2140 g/mol. The van der Waals surface area contributed by atoms with Gasteiger partial charge in [0, 0.05) is 57.8 Å². The average Bonchev–Trinajstić information content (AvgIpc) is 0.891. The SMILES string of the molecule is CCCCCC(OC(=O)CC(=O)OCCC)C(O)CCCCC(=O)OCOC(=O)CCCCC(O)C(CCCCC)OC(=O)CC(=O)OCCC.CCCCCC(OC(=O)CC)C(O)CCCCC(=O)OCOC(=O)CCCCC(O)C(CCCCC)OC(=O)CC.CCCCCC(OC(=O)CC)C(O)CCCCC(=O)OCOC(=O)CCCCC(O)C(CCCCC)OC(=O)CC(=O)OCCC.CCOC(=O)CC(=O)OCC. The largest absolute Gasteiger partial charge is 0.466 e. The van der Waals surface area contributed by atoms with Crippen LogP contribution < -0.4 is 0 Å². The Balaban J connectivity index is -0.00000101. The van der Waals surface area contributed by atoms with Gasteiger partial charge >= 0.3 is 101 Å². The van der Waals surface area contributed by atoms with Gasteiger partial charge in [0.2, 0.25) is 20.4 Å². The van der Waals surface area contributed by atoms with Crippen molar-refractivity contribution in [1.82, 2.24) is 0 Å². The van der Waals surface area contributed by atoms with Crippen LogP contribution in [0.5, 0.6) is 0 Å². The van der Waals surface area contributed by atoms with Crippen LogP contribution >= 0.6 is 0 Å². The molecule has 12 atom stereocenters. The Hall–Kier alpha value is -9.25. The number of aliphatic hydroxyl groups is 6. The molecule has 0 heterocycles. The summed E-state index contributed by atoms with van der Waals surface area (Å²) in [5.41, 5.74) is 0. The van der Waals surface area contributed by atoms with Crippen LogP contribution in [0.15, 0.2) is 0 Å². The first-order valence-corrected chi connectivity index (χ1v) is 55.4. The van der Waals surface area contributed by atoms with Gasteiger partial charge in [0.1, 0.15) is 62.3 Å². The zero-order valence-electron chi connectivity index (χ0n) is 92.7. The number of ether oxygens (including phenoxy) is 17. The van der Waals surface area contributed by atoms with E-state index in [4.69, 9.17) is 71.1 Å². The minimum Gasteiger partial charge on any atom is -0.466 e. The molecular formula is C109H192O40. The van der Waals surface area contributed by atoms with Crippen molar-refractivity contribution < 1.29 is 193 Å².